The average Bonchev–Trinajstić information content (AvgIpc) is 2.45. The second kappa shape index (κ2) is 5.40. The number of rotatable bonds is 3. The van der Waals surface area contributed by atoms with Crippen molar-refractivity contribution in [3.05, 3.63) is 41.5 Å². The summed E-state index contributed by atoms with van der Waals surface area (Å²) in [6, 6.07) is 10.7. The number of hydrogen-bond donors (Lipinski definition) is 0. The molecule has 0 aliphatic heterocycles. The van der Waals surface area contributed by atoms with Gasteiger partial charge in [-0.25, -0.2) is 4.79 Å². The number of fused-ring (bicyclic) bond motifs is 1. The van der Waals surface area contributed by atoms with E-state index in [0.717, 1.165) is 10.8 Å². The number of nitriles is 1. The van der Waals surface area contributed by atoms with E-state index in [2.05, 4.69) is 6.07 Å². The molecule has 0 unspecified atom stereocenters. The molecule has 0 atom stereocenters. The van der Waals surface area contributed by atoms with Gasteiger partial charge in [-0.2, -0.15) is 5.26 Å². The third-order valence-corrected chi connectivity index (χ3v) is 2.79. The SMILES string of the molecule is CCOC(=O)c1cc(C#N)c2ccc(OC)cc2c1. The van der Waals surface area contributed by atoms with Gasteiger partial charge in [-0.3, -0.25) is 0 Å². The van der Waals surface area contributed by atoms with Crippen LogP contribution in [0.1, 0.15) is 22.8 Å². The molecule has 2 rings (SSSR count). The Labute approximate surface area is 111 Å². The number of carbonyl (C=O) groups excluding carboxylic acids is 1. The normalized spacial score (nSPS) is 9.95. The van der Waals surface area contributed by atoms with Crippen molar-refractivity contribution in [1.29, 1.82) is 5.26 Å². The molecule has 0 spiro atoms. The first-order chi connectivity index (χ1) is 9.19. The van der Waals surface area contributed by atoms with E-state index in [-0.39, 0.29) is 0 Å². The third-order valence-electron chi connectivity index (χ3n) is 2.79. The van der Waals surface area contributed by atoms with Crippen molar-refractivity contribution in [2.24, 2.45) is 0 Å². The highest BCUT2D eigenvalue weighted by Gasteiger charge is 2.11. The van der Waals surface area contributed by atoms with Crippen LogP contribution < -0.4 is 4.74 Å². The van der Waals surface area contributed by atoms with Gasteiger partial charge >= 0.3 is 5.97 Å². The first-order valence-corrected chi connectivity index (χ1v) is 5.88. The van der Waals surface area contributed by atoms with E-state index >= 15 is 0 Å². The molecule has 0 bridgehead atoms. The quantitative estimate of drug-likeness (QED) is 0.791. The largest absolute Gasteiger partial charge is 0.497 e. The van der Waals surface area contributed by atoms with Crippen LogP contribution in [-0.4, -0.2) is 19.7 Å². The number of ether oxygens (including phenoxy) is 2. The van der Waals surface area contributed by atoms with E-state index in [4.69, 9.17) is 14.7 Å². The van der Waals surface area contributed by atoms with Gasteiger partial charge < -0.3 is 9.47 Å². The lowest BCUT2D eigenvalue weighted by atomic mass is 10.0. The standard InChI is InChI=1S/C15H13NO3/c1-3-19-15(17)11-6-10-8-13(18-2)4-5-14(10)12(7-11)9-16/h4-8H,3H2,1-2H3. The van der Waals surface area contributed by atoms with Crippen LogP contribution in [0.2, 0.25) is 0 Å². The molecule has 0 saturated heterocycles. The fourth-order valence-corrected chi connectivity index (χ4v) is 1.90. The van der Waals surface area contributed by atoms with Crippen molar-refractivity contribution >= 4 is 16.7 Å². The predicted octanol–water partition coefficient (Wildman–Crippen LogP) is 2.90. The molecule has 0 aliphatic carbocycles. The van der Waals surface area contributed by atoms with Crippen LogP contribution >= 0.6 is 0 Å². The zero-order valence-corrected chi connectivity index (χ0v) is 10.8. The summed E-state index contributed by atoms with van der Waals surface area (Å²) < 4.78 is 10.1. The van der Waals surface area contributed by atoms with Crippen molar-refractivity contribution in [2.75, 3.05) is 13.7 Å². The maximum Gasteiger partial charge on any atom is 0.338 e. The number of carbonyl (C=O) groups is 1. The number of esters is 1. The van der Waals surface area contributed by atoms with Crippen molar-refractivity contribution in [3.8, 4) is 11.8 Å². The molecule has 0 heterocycles. The molecule has 2 aromatic rings. The van der Waals surface area contributed by atoms with Gasteiger partial charge in [-0.1, -0.05) is 0 Å². The summed E-state index contributed by atoms with van der Waals surface area (Å²) in [5, 5.41) is 10.7. The number of methoxy groups -OCH3 is 1. The zero-order chi connectivity index (χ0) is 13.8. The Balaban J connectivity index is 2.63. The van der Waals surface area contributed by atoms with Gasteiger partial charge in [0, 0.05) is 0 Å². The third kappa shape index (κ3) is 2.50. The Kier molecular flexibility index (Phi) is 3.67. The van der Waals surface area contributed by atoms with Crippen molar-refractivity contribution in [3.63, 3.8) is 0 Å². The number of hydrogen-bond acceptors (Lipinski definition) is 4. The molecule has 4 heteroatoms. The minimum absolute atomic E-state index is 0.302. The molecule has 19 heavy (non-hydrogen) atoms. The molecule has 96 valence electrons. The predicted molar refractivity (Wildman–Crippen MR) is 71.2 cm³/mol. The molecule has 0 amide bonds. The summed E-state index contributed by atoms with van der Waals surface area (Å²) in [4.78, 5) is 11.7. The highest BCUT2D eigenvalue weighted by Crippen LogP contribution is 2.25. The second-order valence-electron chi connectivity index (χ2n) is 3.94. The van der Waals surface area contributed by atoms with Crippen LogP contribution in [-0.2, 0) is 4.74 Å². The van der Waals surface area contributed by atoms with Gasteiger partial charge in [-0.15, -0.1) is 0 Å². The van der Waals surface area contributed by atoms with Crippen LogP contribution in [0.25, 0.3) is 10.8 Å². The van der Waals surface area contributed by atoms with Crippen molar-refractivity contribution in [1.82, 2.24) is 0 Å². The highest BCUT2D eigenvalue weighted by molar-refractivity contribution is 5.98. The average molecular weight is 255 g/mol. The summed E-state index contributed by atoms with van der Waals surface area (Å²) in [7, 11) is 1.57. The lowest BCUT2D eigenvalue weighted by Crippen LogP contribution is -2.05. The van der Waals surface area contributed by atoms with E-state index in [0.29, 0.717) is 23.5 Å². The topological polar surface area (TPSA) is 59.3 Å². The summed E-state index contributed by atoms with van der Waals surface area (Å²) in [5.74, 6) is 0.251. The van der Waals surface area contributed by atoms with Crippen LogP contribution in [0.3, 0.4) is 0 Å². The summed E-state index contributed by atoms with van der Waals surface area (Å²) in [6.45, 7) is 2.05. The minimum atomic E-state index is -0.427. The molecular formula is C15H13NO3. The Morgan fingerprint density at radius 2 is 2.11 bits per heavy atom. The first kappa shape index (κ1) is 12.9. The molecule has 0 aromatic heterocycles. The number of benzene rings is 2. The highest BCUT2D eigenvalue weighted by atomic mass is 16.5. The monoisotopic (exact) mass is 255 g/mol. The molecule has 2 aromatic carbocycles. The first-order valence-electron chi connectivity index (χ1n) is 5.88. The van der Waals surface area contributed by atoms with E-state index in [1.165, 1.54) is 0 Å². The molecule has 0 fully saturated rings. The van der Waals surface area contributed by atoms with Gasteiger partial charge in [0.1, 0.15) is 5.75 Å². The van der Waals surface area contributed by atoms with Crippen molar-refractivity contribution in [2.45, 2.75) is 6.92 Å². The minimum Gasteiger partial charge on any atom is -0.497 e. The van der Waals surface area contributed by atoms with Gasteiger partial charge in [0.25, 0.3) is 0 Å². The lowest BCUT2D eigenvalue weighted by Gasteiger charge is -2.07. The van der Waals surface area contributed by atoms with E-state index < -0.39 is 5.97 Å². The summed E-state index contributed by atoms with van der Waals surface area (Å²) in [5.41, 5.74) is 0.822. The molecule has 0 N–H and O–H groups in total. The lowest BCUT2D eigenvalue weighted by molar-refractivity contribution is 0.0526. The molecular weight excluding hydrogens is 242 g/mol. The van der Waals surface area contributed by atoms with E-state index in [1.54, 1.807) is 38.3 Å². The van der Waals surface area contributed by atoms with Gasteiger partial charge in [0.05, 0.1) is 30.9 Å². The fourth-order valence-electron chi connectivity index (χ4n) is 1.90. The summed E-state index contributed by atoms with van der Waals surface area (Å²) >= 11 is 0. The van der Waals surface area contributed by atoms with Crippen LogP contribution in [0.15, 0.2) is 30.3 Å². The molecule has 0 aliphatic rings. The molecule has 0 radical (unpaired) electrons. The molecule has 0 saturated carbocycles. The maximum atomic E-state index is 11.7. The smallest absolute Gasteiger partial charge is 0.338 e. The van der Waals surface area contributed by atoms with E-state index in [9.17, 15) is 4.79 Å². The Bertz CT molecular complexity index is 671. The van der Waals surface area contributed by atoms with Crippen molar-refractivity contribution < 1.29 is 14.3 Å². The summed E-state index contributed by atoms with van der Waals surface area (Å²) in [6.07, 6.45) is 0. The fraction of sp³-hybridized carbons (Fsp3) is 0.200. The van der Waals surface area contributed by atoms with Gasteiger partial charge in [0.15, 0.2) is 0 Å². The Morgan fingerprint density at radius 3 is 2.74 bits per heavy atom. The second-order valence-corrected chi connectivity index (χ2v) is 3.94. The maximum absolute atomic E-state index is 11.7. The number of nitrogens with zero attached hydrogens (tertiary/aromatic N) is 1. The van der Waals surface area contributed by atoms with E-state index in [1.807, 2.05) is 6.07 Å². The van der Waals surface area contributed by atoms with Crippen LogP contribution in [0.4, 0.5) is 0 Å². The Hall–Kier alpha value is -2.54. The van der Waals surface area contributed by atoms with Crippen LogP contribution in [0, 0.1) is 11.3 Å². The van der Waals surface area contributed by atoms with Gasteiger partial charge in [0.2, 0.25) is 0 Å². The molecule has 4 nitrogen and oxygen atoms in total. The zero-order valence-electron chi connectivity index (χ0n) is 10.8. The van der Waals surface area contributed by atoms with Crippen LogP contribution in [0.5, 0.6) is 5.75 Å². The Morgan fingerprint density at radius 1 is 1.32 bits per heavy atom. The van der Waals surface area contributed by atoms with Gasteiger partial charge in [-0.05, 0) is 48.0 Å².